The van der Waals surface area contributed by atoms with Crippen LogP contribution in [0.25, 0.3) is 0 Å². The van der Waals surface area contributed by atoms with Crippen molar-refractivity contribution in [3.8, 4) is 0 Å². The summed E-state index contributed by atoms with van der Waals surface area (Å²) in [5.74, 6) is -0.518. The summed E-state index contributed by atoms with van der Waals surface area (Å²) < 4.78 is 9.57. The number of hydrogen-bond donors (Lipinski definition) is 0. The van der Waals surface area contributed by atoms with E-state index in [4.69, 9.17) is 9.47 Å². The molecule has 0 heterocycles. The Bertz CT molecular complexity index is 358. The largest absolute Gasteiger partial charge is 0.466 e. The Morgan fingerprint density at radius 3 is 1.35 bits per heavy atom. The van der Waals surface area contributed by atoms with Crippen LogP contribution in [-0.4, -0.2) is 35.4 Å². The quantitative estimate of drug-likeness (QED) is 0.396. The van der Waals surface area contributed by atoms with E-state index in [1.54, 1.807) is 13.8 Å². The summed E-state index contributed by atoms with van der Waals surface area (Å²) in [5.41, 5.74) is 0. The Morgan fingerprint density at radius 2 is 1.00 bits per heavy atom. The number of hydrogen-bond acceptors (Lipinski definition) is 7. The summed E-state index contributed by atoms with van der Waals surface area (Å²) in [6.07, 6.45) is 3.46. The van der Waals surface area contributed by atoms with E-state index in [-0.39, 0.29) is 35.0 Å². The third-order valence-electron chi connectivity index (χ3n) is 2.86. The van der Waals surface area contributed by atoms with Crippen LogP contribution in [0.4, 0.5) is 0 Å². The molecular formula is C16H26O6S. The second kappa shape index (κ2) is 14.2. The second-order valence-electron chi connectivity index (χ2n) is 4.87. The third-order valence-corrected chi connectivity index (χ3v) is 3.73. The van der Waals surface area contributed by atoms with Gasteiger partial charge in [0.15, 0.2) is 10.2 Å². The zero-order valence-electron chi connectivity index (χ0n) is 13.9. The monoisotopic (exact) mass is 346 g/mol. The molecule has 0 atom stereocenters. The van der Waals surface area contributed by atoms with E-state index in [2.05, 4.69) is 0 Å². The molecule has 0 saturated carbocycles. The lowest BCUT2D eigenvalue weighted by Gasteiger charge is -2.03. The maximum absolute atomic E-state index is 11.6. The summed E-state index contributed by atoms with van der Waals surface area (Å²) in [4.78, 5) is 45.4. The molecule has 0 amide bonds. The Morgan fingerprint density at radius 1 is 0.652 bits per heavy atom. The number of carbonyl (C=O) groups excluding carboxylic acids is 4. The van der Waals surface area contributed by atoms with E-state index in [1.807, 2.05) is 0 Å². The van der Waals surface area contributed by atoms with E-state index >= 15 is 0 Å². The average Bonchev–Trinajstić information content (AvgIpc) is 2.49. The maximum Gasteiger partial charge on any atom is 0.305 e. The van der Waals surface area contributed by atoms with Crippen LogP contribution in [0.2, 0.25) is 0 Å². The smallest absolute Gasteiger partial charge is 0.305 e. The van der Waals surface area contributed by atoms with E-state index in [9.17, 15) is 19.2 Å². The molecule has 0 aromatic heterocycles. The Labute approximate surface area is 141 Å². The van der Waals surface area contributed by atoms with Crippen molar-refractivity contribution in [2.45, 2.75) is 65.2 Å². The Kier molecular flexibility index (Phi) is 13.4. The van der Waals surface area contributed by atoms with Crippen LogP contribution in [0.15, 0.2) is 0 Å². The molecule has 0 aromatic rings. The standard InChI is InChI=1S/C16H26O6S/c1-3-21-13(17)9-5-7-11-15(19)23-16(20)12-8-6-10-14(18)22-4-2/h3-12H2,1-2H3. The number of rotatable bonds is 12. The first-order chi connectivity index (χ1) is 11.0. The number of esters is 2. The summed E-state index contributed by atoms with van der Waals surface area (Å²) in [6.45, 7) is 4.21. The minimum atomic E-state index is -0.259. The number of thioether (sulfide) groups is 1. The topological polar surface area (TPSA) is 86.7 Å². The van der Waals surface area contributed by atoms with Crippen molar-refractivity contribution < 1.29 is 28.7 Å². The minimum Gasteiger partial charge on any atom is -0.466 e. The second-order valence-corrected chi connectivity index (χ2v) is 5.99. The molecule has 0 spiro atoms. The van der Waals surface area contributed by atoms with Crippen molar-refractivity contribution in [2.75, 3.05) is 13.2 Å². The van der Waals surface area contributed by atoms with E-state index in [0.29, 0.717) is 51.7 Å². The Hall–Kier alpha value is -1.37. The summed E-state index contributed by atoms with van der Waals surface area (Å²) in [7, 11) is 0. The van der Waals surface area contributed by atoms with Gasteiger partial charge in [0.25, 0.3) is 0 Å². The van der Waals surface area contributed by atoms with Crippen LogP contribution >= 0.6 is 11.8 Å². The fraction of sp³-hybridized carbons (Fsp3) is 0.750. The van der Waals surface area contributed by atoms with Crippen molar-refractivity contribution >= 4 is 33.9 Å². The number of carbonyl (C=O) groups is 4. The zero-order valence-corrected chi connectivity index (χ0v) is 14.7. The molecule has 0 saturated heterocycles. The van der Waals surface area contributed by atoms with Gasteiger partial charge in [-0.1, -0.05) is 0 Å². The highest BCUT2D eigenvalue weighted by molar-refractivity contribution is 8.26. The first-order valence-electron chi connectivity index (χ1n) is 8.04. The lowest BCUT2D eigenvalue weighted by molar-refractivity contribution is -0.144. The molecular weight excluding hydrogens is 320 g/mol. The molecule has 6 nitrogen and oxygen atoms in total. The third kappa shape index (κ3) is 14.0. The fourth-order valence-electron chi connectivity index (χ4n) is 1.77. The molecule has 0 aliphatic heterocycles. The molecule has 0 N–H and O–H groups in total. The highest BCUT2D eigenvalue weighted by Crippen LogP contribution is 2.15. The van der Waals surface area contributed by atoms with Gasteiger partial charge in [-0.15, -0.1) is 0 Å². The number of ether oxygens (including phenoxy) is 2. The van der Waals surface area contributed by atoms with Crippen molar-refractivity contribution in [2.24, 2.45) is 0 Å². The summed E-state index contributed by atoms with van der Waals surface area (Å²) in [5, 5.41) is -0.353. The van der Waals surface area contributed by atoms with Gasteiger partial charge in [0.05, 0.1) is 13.2 Å². The molecule has 0 aliphatic rings. The number of unbranched alkanes of at least 4 members (excludes halogenated alkanes) is 2. The molecule has 0 aliphatic carbocycles. The predicted octanol–water partition coefficient (Wildman–Crippen LogP) is 3.02. The van der Waals surface area contributed by atoms with Gasteiger partial charge in [-0.25, -0.2) is 0 Å². The van der Waals surface area contributed by atoms with Gasteiger partial charge < -0.3 is 9.47 Å². The highest BCUT2D eigenvalue weighted by Gasteiger charge is 2.11. The molecule has 0 bridgehead atoms. The van der Waals surface area contributed by atoms with E-state index in [1.165, 1.54) is 0 Å². The SMILES string of the molecule is CCOC(=O)CCCCC(=O)SC(=O)CCCCC(=O)OCC. The predicted molar refractivity (Wildman–Crippen MR) is 87.8 cm³/mol. The van der Waals surface area contributed by atoms with Gasteiger partial charge >= 0.3 is 11.9 Å². The van der Waals surface area contributed by atoms with Crippen LogP contribution in [0.3, 0.4) is 0 Å². The average molecular weight is 346 g/mol. The molecule has 7 heteroatoms. The van der Waals surface area contributed by atoms with Crippen LogP contribution in [-0.2, 0) is 28.7 Å². The van der Waals surface area contributed by atoms with Crippen LogP contribution in [0.1, 0.15) is 65.2 Å². The van der Waals surface area contributed by atoms with Gasteiger partial charge in [-0.2, -0.15) is 0 Å². The Balaban J connectivity index is 3.60. The highest BCUT2D eigenvalue weighted by atomic mass is 32.2. The first-order valence-corrected chi connectivity index (χ1v) is 8.86. The lowest BCUT2D eigenvalue weighted by atomic mass is 10.2. The van der Waals surface area contributed by atoms with Gasteiger partial charge in [-0.05, 0) is 51.3 Å². The molecule has 0 aromatic carbocycles. The van der Waals surface area contributed by atoms with Crippen molar-refractivity contribution in [3.05, 3.63) is 0 Å². The summed E-state index contributed by atoms with van der Waals surface area (Å²) in [6, 6.07) is 0. The van der Waals surface area contributed by atoms with Gasteiger partial charge in [0.1, 0.15) is 0 Å². The minimum absolute atomic E-state index is 0.177. The summed E-state index contributed by atoms with van der Waals surface area (Å²) >= 11 is 0.728. The fourth-order valence-corrected chi connectivity index (χ4v) is 2.52. The van der Waals surface area contributed by atoms with Gasteiger partial charge in [0, 0.05) is 25.7 Å². The van der Waals surface area contributed by atoms with Crippen molar-refractivity contribution in [3.63, 3.8) is 0 Å². The van der Waals surface area contributed by atoms with E-state index < -0.39 is 0 Å². The first kappa shape index (κ1) is 21.6. The van der Waals surface area contributed by atoms with Crippen LogP contribution in [0.5, 0.6) is 0 Å². The molecule has 0 rings (SSSR count). The molecule has 0 fully saturated rings. The van der Waals surface area contributed by atoms with Crippen LogP contribution < -0.4 is 0 Å². The lowest BCUT2D eigenvalue weighted by Crippen LogP contribution is -2.05. The molecule has 0 radical (unpaired) electrons. The van der Waals surface area contributed by atoms with Gasteiger partial charge in [-0.3, -0.25) is 19.2 Å². The normalized spacial score (nSPS) is 10.2. The maximum atomic E-state index is 11.6. The molecule has 132 valence electrons. The van der Waals surface area contributed by atoms with Crippen LogP contribution in [0, 0.1) is 0 Å². The van der Waals surface area contributed by atoms with Crippen molar-refractivity contribution in [1.82, 2.24) is 0 Å². The van der Waals surface area contributed by atoms with Gasteiger partial charge in [0.2, 0.25) is 0 Å². The molecule has 0 unspecified atom stereocenters. The molecule has 23 heavy (non-hydrogen) atoms. The van der Waals surface area contributed by atoms with Crippen molar-refractivity contribution in [1.29, 1.82) is 0 Å². The zero-order chi connectivity index (χ0) is 17.5. The van der Waals surface area contributed by atoms with E-state index in [0.717, 1.165) is 11.8 Å².